The molecule has 0 amide bonds. The summed E-state index contributed by atoms with van der Waals surface area (Å²) in [7, 11) is 0. The molecule has 0 unspecified atom stereocenters. The molecular weight excluding hydrogens is 607 g/mol. The van der Waals surface area contributed by atoms with Crippen molar-refractivity contribution in [3.63, 3.8) is 0 Å². The minimum absolute atomic E-state index is 0.671. The minimum Gasteiger partial charge on any atom is -0.310 e. The van der Waals surface area contributed by atoms with Crippen LogP contribution in [0.1, 0.15) is 22.4 Å². The Hall–Kier alpha value is -6.58. The van der Waals surface area contributed by atoms with Gasteiger partial charge in [-0.05, 0) is 57.6 Å². The predicted molar refractivity (Wildman–Crippen MR) is 204 cm³/mol. The quantitative estimate of drug-likeness (QED) is 0.192. The van der Waals surface area contributed by atoms with E-state index in [-0.39, 0.29) is 0 Å². The highest BCUT2D eigenvalue weighted by Gasteiger charge is 2.54. The highest BCUT2D eigenvalue weighted by Crippen LogP contribution is 2.64. The number of para-hydroxylation sites is 3. The molecule has 7 aromatic carbocycles. The SMILES string of the molecule is c1ccc(-c2ccc(-c3nc(-c4ccccc4)c4c(n3)C3(c5ccccc5-4)c4ccccc4N(c4ccccc4)c4ccccc43)cc2)cc1. The number of nitrogens with zero attached hydrogens (tertiary/aromatic N) is 3. The van der Waals surface area contributed by atoms with Crippen molar-refractivity contribution < 1.29 is 0 Å². The Labute approximate surface area is 291 Å². The van der Waals surface area contributed by atoms with Crippen LogP contribution < -0.4 is 4.90 Å². The zero-order valence-corrected chi connectivity index (χ0v) is 27.2. The molecule has 3 nitrogen and oxygen atoms in total. The lowest BCUT2D eigenvalue weighted by Crippen LogP contribution is -2.37. The molecule has 1 aliphatic carbocycles. The van der Waals surface area contributed by atoms with E-state index < -0.39 is 5.41 Å². The summed E-state index contributed by atoms with van der Waals surface area (Å²) in [5, 5.41) is 0. The molecule has 1 aliphatic heterocycles. The Bertz CT molecular complexity index is 2480. The summed E-state index contributed by atoms with van der Waals surface area (Å²) in [6.07, 6.45) is 0. The summed E-state index contributed by atoms with van der Waals surface area (Å²) in [6, 6.07) is 67.0. The van der Waals surface area contributed by atoms with E-state index in [1.54, 1.807) is 0 Å². The molecule has 1 spiro atoms. The molecule has 1 aromatic heterocycles. The molecule has 3 heteroatoms. The minimum atomic E-state index is -0.671. The maximum absolute atomic E-state index is 5.67. The number of anilines is 3. The van der Waals surface area contributed by atoms with E-state index in [1.807, 2.05) is 0 Å². The van der Waals surface area contributed by atoms with Gasteiger partial charge in [0, 0.05) is 22.4 Å². The summed E-state index contributed by atoms with van der Waals surface area (Å²) >= 11 is 0. The maximum Gasteiger partial charge on any atom is 0.160 e. The molecule has 8 aromatic rings. The van der Waals surface area contributed by atoms with Crippen molar-refractivity contribution in [1.29, 1.82) is 0 Å². The monoisotopic (exact) mass is 637 g/mol. The number of rotatable bonds is 4. The van der Waals surface area contributed by atoms with Crippen LogP contribution in [0.2, 0.25) is 0 Å². The predicted octanol–water partition coefficient (Wildman–Crippen LogP) is 11.6. The number of hydrogen-bond acceptors (Lipinski definition) is 3. The van der Waals surface area contributed by atoms with E-state index in [4.69, 9.17) is 9.97 Å². The molecule has 0 N–H and O–H groups in total. The van der Waals surface area contributed by atoms with Crippen LogP contribution in [0.25, 0.3) is 44.9 Å². The Morgan fingerprint density at radius 3 is 1.50 bits per heavy atom. The fraction of sp³-hybridized carbons (Fsp3) is 0.0213. The Morgan fingerprint density at radius 1 is 0.380 bits per heavy atom. The van der Waals surface area contributed by atoms with Crippen LogP contribution in [-0.2, 0) is 5.41 Å². The zero-order chi connectivity index (χ0) is 33.1. The molecule has 0 bridgehead atoms. The summed E-state index contributed by atoms with van der Waals surface area (Å²) in [4.78, 5) is 13.5. The first kappa shape index (κ1) is 28.4. The average molecular weight is 638 g/mol. The molecule has 0 fully saturated rings. The summed E-state index contributed by atoms with van der Waals surface area (Å²) < 4.78 is 0. The van der Waals surface area contributed by atoms with Gasteiger partial charge in [-0.3, -0.25) is 0 Å². The lowest BCUT2D eigenvalue weighted by Gasteiger charge is -2.44. The van der Waals surface area contributed by atoms with Crippen molar-refractivity contribution >= 4 is 17.1 Å². The van der Waals surface area contributed by atoms with Crippen molar-refractivity contribution in [2.24, 2.45) is 0 Å². The number of benzene rings is 7. The smallest absolute Gasteiger partial charge is 0.160 e. The first-order valence-electron chi connectivity index (χ1n) is 17.1. The van der Waals surface area contributed by atoms with Gasteiger partial charge < -0.3 is 4.90 Å². The molecule has 0 atom stereocenters. The van der Waals surface area contributed by atoms with Crippen LogP contribution in [0.4, 0.5) is 17.1 Å². The van der Waals surface area contributed by atoms with Gasteiger partial charge in [-0.25, -0.2) is 9.97 Å². The molecular formula is C47H31N3. The molecule has 50 heavy (non-hydrogen) atoms. The van der Waals surface area contributed by atoms with E-state index in [9.17, 15) is 0 Å². The van der Waals surface area contributed by atoms with Crippen LogP contribution >= 0.6 is 0 Å². The summed E-state index contributed by atoms with van der Waals surface area (Å²) in [5.41, 5.74) is 15.0. The summed E-state index contributed by atoms with van der Waals surface area (Å²) in [5.74, 6) is 0.717. The van der Waals surface area contributed by atoms with E-state index >= 15 is 0 Å². The second-order valence-electron chi connectivity index (χ2n) is 12.9. The number of hydrogen-bond donors (Lipinski definition) is 0. The zero-order valence-electron chi connectivity index (χ0n) is 27.2. The van der Waals surface area contributed by atoms with Crippen LogP contribution in [-0.4, -0.2) is 9.97 Å². The third-order valence-corrected chi connectivity index (χ3v) is 10.3. The summed E-state index contributed by atoms with van der Waals surface area (Å²) in [6.45, 7) is 0. The number of aromatic nitrogens is 2. The highest BCUT2D eigenvalue weighted by molar-refractivity contribution is 5.99. The lowest BCUT2D eigenvalue weighted by atomic mass is 9.66. The van der Waals surface area contributed by atoms with Crippen LogP contribution in [0.5, 0.6) is 0 Å². The van der Waals surface area contributed by atoms with E-state index in [2.05, 4.69) is 193 Å². The van der Waals surface area contributed by atoms with Gasteiger partial charge in [0.05, 0.1) is 28.2 Å². The van der Waals surface area contributed by atoms with Gasteiger partial charge in [0.25, 0.3) is 0 Å². The Kier molecular flexibility index (Phi) is 6.40. The topological polar surface area (TPSA) is 29.0 Å². The third-order valence-electron chi connectivity index (χ3n) is 10.3. The van der Waals surface area contributed by atoms with Gasteiger partial charge in [-0.1, -0.05) is 164 Å². The molecule has 234 valence electrons. The van der Waals surface area contributed by atoms with Gasteiger partial charge in [0.2, 0.25) is 0 Å². The van der Waals surface area contributed by atoms with Gasteiger partial charge in [0.1, 0.15) is 0 Å². The van der Waals surface area contributed by atoms with Crippen molar-refractivity contribution in [2.45, 2.75) is 5.41 Å². The molecule has 2 aliphatic rings. The Balaban J connectivity index is 1.30. The van der Waals surface area contributed by atoms with Crippen molar-refractivity contribution in [2.75, 3.05) is 4.90 Å². The second-order valence-corrected chi connectivity index (χ2v) is 12.9. The molecule has 0 saturated heterocycles. The Morgan fingerprint density at radius 2 is 0.860 bits per heavy atom. The maximum atomic E-state index is 5.67. The first-order valence-corrected chi connectivity index (χ1v) is 17.1. The third kappa shape index (κ3) is 4.10. The standard InChI is InChI=1S/C47H31N3/c1-4-16-32(17-5-1)33-28-30-35(31-29-33)46-48-44(34-18-6-2-7-19-34)43-37-22-10-11-23-38(37)47(45(43)49-46)39-24-12-14-26-41(39)50(36-20-8-3-9-21-36)42-27-15-13-25-40(42)47/h1-31H. The van der Waals surface area contributed by atoms with Gasteiger partial charge in [0.15, 0.2) is 5.82 Å². The van der Waals surface area contributed by atoms with E-state index in [0.717, 1.165) is 51.0 Å². The molecule has 10 rings (SSSR count). The van der Waals surface area contributed by atoms with E-state index in [1.165, 1.54) is 33.4 Å². The first-order chi connectivity index (χ1) is 24.8. The van der Waals surface area contributed by atoms with Crippen molar-refractivity contribution in [3.05, 3.63) is 210 Å². The van der Waals surface area contributed by atoms with Crippen molar-refractivity contribution in [1.82, 2.24) is 9.97 Å². The fourth-order valence-corrected chi connectivity index (χ4v) is 8.17. The van der Waals surface area contributed by atoms with Crippen LogP contribution in [0, 0.1) is 0 Å². The second kappa shape index (κ2) is 11.3. The molecule has 2 heterocycles. The molecule has 0 saturated carbocycles. The number of fused-ring (bicyclic) bond motifs is 9. The van der Waals surface area contributed by atoms with Crippen LogP contribution in [0.15, 0.2) is 188 Å². The van der Waals surface area contributed by atoms with Gasteiger partial charge >= 0.3 is 0 Å². The van der Waals surface area contributed by atoms with Crippen LogP contribution in [0.3, 0.4) is 0 Å². The normalized spacial score (nSPS) is 13.3. The van der Waals surface area contributed by atoms with E-state index in [0.29, 0.717) is 0 Å². The molecule has 0 radical (unpaired) electrons. The van der Waals surface area contributed by atoms with Gasteiger partial charge in [-0.15, -0.1) is 0 Å². The largest absolute Gasteiger partial charge is 0.310 e. The van der Waals surface area contributed by atoms with Gasteiger partial charge in [-0.2, -0.15) is 0 Å². The highest BCUT2D eigenvalue weighted by atomic mass is 15.2. The lowest BCUT2D eigenvalue weighted by molar-refractivity contribution is 0.723. The average Bonchev–Trinajstić information content (AvgIpc) is 3.49. The van der Waals surface area contributed by atoms with Crippen molar-refractivity contribution in [3.8, 4) is 44.9 Å². The fourth-order valence-electron chi connectivity index (χ4n) is 8.17.